The average molecular weight is 479 g/mol. The number of esters is 1. The Labute approximate surface area is 194 Å². The highest BCUT2D eigenvalue weighted by atomic mass is 35.5. The molecule has 8 nitrogen and oxygen atoms in total. The molecule has 0 radical (unpaired) electrons. The van der Waals surface area contributed by atoms with Crippen molar-refractivity contribution in [2.24, 2.45) is 0 Å². The third-order valence-electron chi connectivity index (χ3n) is 6.27. The van der Waals surface area contributed by atoms with Crippen LogP contribution in [0.3, 0.4) is 0 Å². The Bertz CT molecular complexity index is 1000. The molecule has 10 heteroatoms. The van der Waals surface area contributed by atoms with E-state index in [0.717, 1.165) is 18.4 Å². The standard InChI is InChI=1S/C22H23ClN2O6S/c1-12(26)31-10-13-11-32-19-16(18(27)25(19)17(13)20(28)29)24-21(30)22(8-2-3-9-22)14-4-6-15(23)7-5-14/h4-7,16,19H,2-3,8-11H2,1H3,(H,24,30)(H,28,29)/t16-,19+/m0/s1. The molecule has 0 aromatic heterocycles. The number of halogens is 1. The van der Waals surface area contributed by atoms with E-state index >= 15 is 0 Å². The first kappa shape index (κ1) is 22.7. The van der Waals surface area contributed by atoms with Crippen molar-refractivity contribution in [3.05, 3.63) is 46.1 Å². The third kappa shape index (κ3) is 3.88. The van der Waals surface area contributed by atoms with Crippen molar-refractivity contribution in [1.29, 1.82) is 0 Å². The maximum absolute atomic E-state index is 13.4. The number of hydrogen-bond acceptors (Lipinski definition) is 6. The number of ether oxygens (including phenoxy) is 1. The Balaban J connectivity index is 1.54. The first-order valence-corrected chi connectivity index (χ1v) is 11.8. The molecule has 2 heterocycles. The highest BCUT2D eigenvalue weighted by Crippen LogP contribution is 2.44. The van der Waals surface area contributed by atoms with Crippen molar-refractivity contribution < 1.29 is 29.0 Å². The van der Waals surface area contributed by atoms with Gasteiger partial charge < -0.3 is 15.2 Å². The van der Waals surface area contributed by atoms with Crippen LogP contribution in [0.5, 0.6) is 0 Å². The number of rotatable bonds is 6. The fraction of sp³-hybridized carbons (Fsp3) is 0.455. The second-order valence-corrected chi connectivity index (χ2v) is 9.74. The van der Waals surface area contributed by atoms with Crippen LogP contribution >= 0.6 is 23.4 Å². The molecule has 4 rings (SSSR count). The summed E-state index contributed by atoms with van der Waals surface area (Å²) in [6.07, 6.45) is 3.17. The van der Waals surface area contributed by atoms with Gasteiger partial charge in [0.15, 0.2) is 0 Å². The first-order chi connectivity index (χ1) is 15.2. The minimum atomic E-state index is -1.26. The molecule has 0 spiro atoms. The zero-order valence-electron chi connectivity index (χ0n) is 17.4. The number of carboxylic acid groups (broad SMARTS) is 1. The van der Waals surface area contributed by atoms with Crippen LogP contribution in [-0.4, -0.2) is 57.5 Å². The van der Waals surface area contributed by atoms with Crippen LogP contribution in [0, 0.1) is 0 Å². The lowest BCUT2D eigenvalue weighted by Gasteiger charge is -2.50. The molecule has 0 bridgehead atoms. The summed E-state index contributed by atoms with van der Waals surface area (Å²) in [4.78, 5) is 50.5. The second kappa shape index (κ2) is 8.78. The molecule has 1 aromatic carbocycles. The number of fused-ring (bicyclic) bond motifs is 1. The van der Waals surface area contributed by atoms with E-state index in [1.165, 1.54) is 23.6 Å². The largest absolute Gasteiger partial charge is 0.477 e. The number of hydrogen-bond donors (Lipinski definition) is 2. The molecule has 32 heavy (non-hydrogen) atoms. The van der Waals surface area contributed by atoms with Crippen molar-refractivity contribution in [3.63, 3.8) is 0 Å². The Morgan fingerprint density at radius 3 is 2.50 bits per heavy atom. The van der Waals surface area contributed by atoms with Crippen LogP contribution in [0.1, 0.15) is 38.2 Å². The SMILES string of the molecule is CC(=O)OCC1=C(C(=O)O)N2C(=O)[C@H](NC(=O)C3(c4ccc(Cl)cc4)CCCC3)[C@H]2SC1. The number of carbonyl (C=O) groups is 4. The van der Waals surface area contributed by atoms with Crippen LogP contribution in [0.25, 0.3) is 0 Å². The number of aliphatic carboxylic acids is 1. The molecular weight excluding hydrogens is 456 g/mol. The summed E-state index contributed by atoms with van der Waals surface area (Å²) < 4.78 is 4.94. The zero-order chi connectivity index (χ0) is 23.0. The Morgan fingerprint density at radius 1 is 1.25 bits per heavy atom. The lowest BCUT2D eigenvalue weighted by atomic mass is 9.77. The molecule has 2 atom stereocenters. The molecule has 1 aliphatic carbocycles. The molecule has 2 N–H and O–H groups in total. The monoisotopic (exact) mass is 478 g/mol. The molecule has 2 fully saturated rings. The van der Waals surface area contributed by atoms with E-state index in [9.17, 15) is 24.3 Å². The van der Waals surface area contributed by atoms with Gasteiger partial charge in [-0.2, -0.15) is 0 Å². The van der Waals surface area contributed by atoms with Gasteiger partial charge in [-0.1, -0.05) is 36.6 Å². The van der Waals surface area contributed by atoms with E-state index in [0.29, 0.717) is 23.4 Å². The molecule has 1 saturated heterocycles. The smallest absolute Gasteiger partial charge is 0.352 e. The predicted octanol–water partition coefficient (Wildman–Crippen LogP) is 2.45. The van der Waals surface area contributed by atoms with Gasteiger partial charge in [-0.05, 0) is 30.5 Å². The van der Waals surface area contributed by atoms with E-state index < -0.39 is 34.7 Å². The van der Waals surface area contributed by atoms with Gasteiger partial charge in [-0.15, -0.1) is 11.8 Å². The van der Waals surface area contributed by atoms with Crippen molar-refractivity contribution >= 4 is 47.1 Å². The van der Waals surface area contributed by atoms with E-state index in [2.05, 4.69) is 5.32 Å². The number of nitrogens with zero attached hydrogens (tertiary/aromatic N) is 1. The van der Waals surface area contributed by atoms with Crippen molar-refractivity contribution in [1.82, 2.24) is 10.2 Å². The van der Waals surface area contributed by atoms with Gasteiger partial charge in [0.05, 0.1) is 5.41 Å². The Hall–Kier alpha value is -2.52. The molecule has 3 aliphatic rings. The van der Waals surface area contributed by atoms with Gasteiger partial charge in [0.2, 0.25) is 5.91 Å². The minimum Gasteiger partial charge on any atom is -0.477 e. The lowest BCUT2D eigenvalue weighted by molar-refractivity contribution is -0.151. The first-order valence-electron chi connectivity index (χ1n) is 10.3. The topological polar surface area (TPSA) is 113 Å². The number of benzene rings is 1. The zero-order valence-corrected chi connectivity index (χ0v) is 19.0. The predicted molar refractivity (Wildman–Crippen MR) is 118 cm³/mol. The maximum atomic E-state index is 13.4. The fourth-order valence-corrected chi connectivity index (χ4v) is 6.11. The lowest BCUT2D eigenvalue weighted by Crippen LogP contribution is -2.71. The molecule has 0 unspecified atom stereocenters. The van der Waals surface area contributed by atoms with Gasteiger partial charge in [0, 0.05) is 23.3 Å². The molecular formula is C22H23ClN2O6S. The van der Waals surface area contributed by atoms with E-state index in [4.69, 9.17) is 16.3 Å². The Morgan fingerprint density at radius 2 is 1.91 bits per heavy atom. The molecule has 2 aliphatic heterocycles. The van der Waals surface area contributed by atoms with Crippen LogP contribution < -0.4 is 5.32 Å². The summed E-state index contributed by atoms with van der Waals surface area (Å²) >= 11 is 7.36. The van der Waals surface area contributed by atoms with E-state index in [-0.39, 0.29) is 24.0 Å². The minimum absolute atomic E-state index is 0.168. The van der Waals surface area contributed by atoms with E-state index in [1.54, 1.807) is 12.1 Å². The van der Waals surface area contributed by atoms with Crippen molar-refractivity contribution in [3.8, 4) is 0 Å². The normalized spacial score (nSPS) is 23.9. The van der Waals surface area contributed by atoms with Crippen LogP contribution in [0.15, 0.2) is 35.5 Å². The van der Waals surface area contributed by atoms with E-state index in [1.807, 2.05) is 12.1 Å². The fourth-order valence-electron chi connectivity index (χ4n) is 4.66. The third-order valence-corrected chi connectivity index (χ3v) is 7.87. The van der Waals surface area contributed by atoms with Crippen molar-refractivity contribution in [2.45, 2.75) is 49.4 Å². The maximum Gasteiger partial charge on any atom is 0.352 e. The van der Waals surface area contributed by atoms with Gasteiger partial charge in [0.25, 0.3) is 5.91 Å². The summed E-state index contributed by atoms with van der Waals surface area (Å²) in [6.45, 7) is 1.05. The summed E-state index contributed by atoms with van der Waals surface area (Å²) in [7, 11) is 0. The summed E-state index contributed by atoms with van der Waals surface area (Å²) in [5, 5.41) is 12.6. The van der Waals surface area contributed by atoms with Crippen LogP contribution in [0.2, 0.25) is 5.02 Å². The quantitative estimate of drug-likeness (QED) is 0.477. The van der Waals surface area contributed by atoms with Crippen LogP contribution in [-0.2, 0) is 29.3 Å². The van der Waals surface area contributed by atoms with Gasteiger partial charge in [-0.3, -0.25) is 19.3 Å². The average Bonchev–Trinajstić information content (AvgIpc) is 3.26. The number of amides is 2. The number of nitrogens with one attached hydrogen (secondary N) is 1. The summed E-state index contributed by atoms with van der Waals surface area (Å²) in [5.74, 6) is -2.19. The molecule has 1 saturated carbocycles. The second-order valence-electron chi connectivity index (χ2n) is 8.19. The summed E-state index contributed by atoms with van der Waals surface area (Å²) in [5.41, 5.74) is 0.335. The highest BCUT2D eigenvalue weighted by Gasteiger charge is 2.56. The summed E-state index contributed by atoms with van der Waals surface area (Å²) in [6, 6.07) is 6.41. The molecule has 1 aromatic rings. The number of carboxylic acids is 1. The number of thioether (sulfide) groups is 1. The number of carbonyl (C=O) groups excluding carboxylic acids is 3. The van der Waals surface area contributed by atoms with Gasteiger partial charge in [0.1, 0.15) is 23.7 Å². The van der Waals surface area contributed by atoms with Crippen LogP contribution in [0.4, 0.5) is 0 Å². The Kier molecular flexibility index (Phi) is 6.22. The molecule has 2 amide bonds. The van der Waals surface area contributed by atoms with Crippen molar-refractivity contribution in [2.75, 3.05) is 12.4 Å². The highest BCUT2D eigenvalue weighted by molar-refractivity contribution is 8.00. The number of β-lactam (4-membered cyclic amide) rings is 1. The van der Waals surface area contributed by atoms with Gasteiger partial charge in [-0.25, -0.2) is 4.79 Å². The molecule has 170 valence electrons. The van der Waals surface area contributed by atoms with Gasteiger partial charge >= 0.3 is 11.9 Å².